The topological polar surface area (TPSA) is 34.1 Å². The Kier molecular flexibility index (Phi) is 2.35. The van der Waals surface area contributed by atoms with Crippen molar-refractivity contribution in [3.63, 3.8) is 0 Å². The summed E-state index contributed by atoms with van der Waals surface area (Å²) in [6.07, 6.45) is 1.70. The minimum Gasteiger partial charge on any atom is -0.228 e. The molecule has 0 saturated carbocycles. The van der Waals surface area contributed by atoms with Gasteiger partial charge in [-0.1, -0.05) is 25.1 Å². The van der Waals surface area contributed by atoms with E-state index in [9.17, 15) is 8.42 Å². The van der Waals surface area contributed by atoms with Gasteiger partial charge in [0.1, 0.15) is 0 Å². The normalized spacial score (nSPS) is 18.9. The van der Waals surface area contributed by atoms with Crippen molar-refractivity contribution >= 4 is 9.84 Å². The average Bonchev–Trinajstić information content (AvgIpc) is 2.16. The molecule has 2 rings (SSSR count). The Balaban J connectivity index is 2.42. The van der Waals surface area contributed by atoms with Crippen LogP contribution in [0.2, 0.25) is 0 Å². The van der Waals surface area contributed by atoms with E-state index in [1.165, 1.54) is 11.1 Å². The maximum absolute atomic E-state index is 11.4. The average molecular weight is 210 g/mol. The van der Waals surface area contributed by atoms with Crippen molar-refractivity contribution in [2.45, 2.75) is 25.5 Å². The van der Waals surface area contributed by atoms with Gasteiger partial charge in [0.15, 0.2) is 9.84 Å². The van der Waals surface area contributed by atoms with Gasteiger partial charge < -0.3 is 0 Å². The third-order valence-electron chi connectivity index (χ3n) is 2.74. The third-order valence-corrected chi connectivity index (χ3v) is 4.31. The standard InChI is InChI=1S/C11H14O2S/c1-2-9-3-4-11-8-14(12,13)6-5-10(11)7-9/h3-4,7H,2,5-6,8H2,1H3. The summed E-state index contributed by atoms with van der Waals surface area (Å²) in [5, 5.41) is 0. The van der Waals surface area contributed by atoms with Crippen LogP contribution in [0.25, 0.3) is 0 Å². The lowest BCUT2D eigenvalue weighted by atomic mass is 10.0. The second-order valence-corrected chi connectivity index (χ2v) is 5.98. The molecule has 0 bridgehead atoms. The van der Waals surface area contributed by atoms with Crippen LogP contribution >= 0.6 is 0 Å². The van der Waals surface area contributed by atoms with Crippen molar-refractivity contribution in [2.24, 2.45) is 0 Å². The minimum atomic E-state index is -2.82. The van der Waals surface area contributed by atoms with Crippen LogP contribution in [-0.4, -0.2) is 14.2 Å². The first-order chi connectivity index (χ1) is 6.61. The molecule has 0 fully saturated rings. The van der Waals surface area contributed by atoms with Crippen LogP contribution in [0.3, 0.4) is 0 Å². The lowest BCUT2D eigenvalue weighted by Crippen LogP contribution is -2.18. The van der Waals surface area contributed by atoms with Gasteiger partial charge in [0.2, 0.25) is 0 Å². The van der Waals surface area contributed by atoms with Crippen LogP contribution in [0, 0.1) is 0 Å². The first-order valence-corrected chi connectivity index (χ1v) is 6.74. The Morgan fingerprint density at radius 1 is 1.29 bits per heavy atom. The molecule has 0 spiro atoms. The Morgan fingerprint density at radius 3 is 2.79 bits per heavy atom. The molecule has 2 nitrogen and oxygen atoms in total. The fourth-order valence-corrected chi connectivity index (χ4v) is 3.28. The van der Waals surface area contributed by atoms with Gasteiger partial charge in [-0.3, -0.25) is 0 Å². The molecule has 0 atom stereocenters. The molecule has 76 valence electrons. The predicted molar refractivity (Wildman–Crippen MR) is 57.0 cm³/mol. The number of hydrogen-bond acceptors (Lipinski definition) is 2. The Labute approximate surface area is 84.9 Å². The molecule has 1 heterocycles. The van der Waals surface area contributed by atoms with Crippen LogP contribution in [0.1, 0.15) is 23.6 Å². The summed E-state index contributed by atoms with van der Waals surface area (Å²) in [5.41, 5.74) is 3.51. The number of benzene rings is 1. The molecular weight excluding hydrogens is 196 g/mol. The fourth-order valence-electron chi connectivity index (χ4n) is 1.85. The molecule has 3 heteroatoms. The number of aryl methyl sites for hydroxylation is 2. The predicted octanol–water partition coefficient (Wildman–Crippen LogP) is 1.72. The second-order valence-electron chi connectivity index (χ2n) is 3.80. The van der Waals surface area contributed by atoms with Crippen molar-refractivity contribution in [1.82, 2.24) is 0 Å². The summed E-state index contributed by atoms with van der Waals surface area (Å²) >= 11 is 0. The van der Waals surface area contributed by atoms with Crippen molar-refractivity contribution in [2.75, 3.05) is 5.75 Å². The number of sulfone groups is 1. The lowest BCUT2D eigenvalue weighted by Gasteiger charge is -2.16. The molecule has 0 aliphatic carbocycles. The number of rotatable bonds is 1. The van der Waals surface area contributed by atoms with E-state index in [2.05, 4.69) is 13.0 Å². The SMILES string of the molecule is CCc1ccc2c(c1)CCS(=O)(=O)C2. The summed E-state index contributed by atoms with van der Waals surface area (Å²) in [5.74, 6) is 0.541. The third kappa shape index (κ3) is 1.82. The maximum Gasteiger partial charge on any atom is 0.154 e. The Bertz CT molecular complexity index is 446. The quantitative estimate of drug-likeness (QED) is 0.707. The van der Waals surface area contributed by atoms with Crippen LogP contribution in [-0.2, 0) is 28.4 Å². The van der Waals surface area contributed by atoms with Gasteiger partial charge in [0.25, 0.3) is 0 Å². The lowest BCUT2D eigenvalue weighted by molar-refractivity contribution is 0.591. The van der Waals surface area contributed by atoms with Gasteiger partial charge >= 0.3 is 0 Å². The first kappa shape index (κ1) is 9.71. The highest BCUT2D eigenvalue weighted by Crippen LogP contribution is 2.21. The van der Waals surface area contributed by atoms with E-state index in [1.54, 1.807) is 0 Å². The number of hydrogen-bond donors (Lipinski definition) is 0. The van der Waals surface area contributed by atoms with E-state index in [4.69, 9.17) is 0 Å². The highest BCUT2D eigenvalue weighted by atomic mass is 32.2. The van der Waals surface area contributed by atoms with Gasteiger partial charge in [-0.05, 0) is 29.5 Å². The van der Waals surface area contributed by atoms with E-state index < -0.39 is 9.84 Å². The van der Waals surface area contributed by atoms with Gasteiger partial charge in [-0.2, -0.15) is 0 Å². The van der Waals surface area contributed by atoms with E-state index in [0.29, 0.717) is 12.2 Å². The molecule has 0 amide bonds. The van der Waals surface area contributed by atoms with Crippen molar-refractivity contribution in [1.29, 1.82) is 0 Å². The first-order valence-electron chi connectivity index (χ1n) is 4.92. The summed E-state index contributed by atoms with van der Waals surface area (Å²) < 4.78 is 22.7. The fraction of sp³-hybridized carbons (Fsp3) is 0.455. The van der Waals surface area contributed by atoms with E-state index in [0.717, 1.165) is 12.0 Å². The van der Waals surface area contributed by atoms with Crippen molar-refractivity contribution in [3.8, 4) is 0 Å². The zero-order valence-electron chi connectivity index (χ0n) is 8.29. The van der Waals surface area contributed by atoms with Crippen molar-refractivity contribution in [3.05, 3.63) is 34.9 Å². The summed E-state index contributed by atoms with van der Waals surface area (Å²) in [6.45, 7) is 2.11. The van der Waals surface area contributed by atoms with E-state index in [1.807, 2.05) is 12.1 Å². The molecule has 1 aliphatic rings. The zero-order chi connectivity index (χ0) is 10.2. The molecule has 0 saturated heterocycles. The molecule has 0 N–H and O–H groups in total. The minimum absolute atomic E-state index is 0.228. The van der Waals surface area contributed by atoms with Crippen LogP contribution in [0.4, 0.5) is 0 Å². The number of fused-ring (bicyclic) bond motifs is 1. The van der Waals surface area contributed by atoms with Gasteiger partial charge in [-0.15, -0.1) is 0 Å². The molecule has 1 aliphatic heterocycles. The molecule has 0 unspecified atom stereocenters. The highest BCUT2D eigenvalue weighted by Gasteiger charge is 2.20. The van der Waals surface area contributed by atoms with Crippen LogP contribution in [0.5, 0.6) is 0 Å². The Morgan fingerprint density at radius 2 is 2.07 bits per heavy atom. The van der Waals surface area contributed by atoms with Crippen LogP contribution in [0.15, 0.2) is 18.2 Å². The largest absolute Gasteiger partial charge is 0.228 e. The monoisotopic (exact) mass is 210 g/mol. The molecule has 1 aromatic carbocycles. The highest BCUT2D eigenvalue weighted by molar-refractivity contribution is 7.90. The molecule has 1 aromatic rings. The smallest absolute Gasteiger partial charge is 0.154 e. The summed E-state index contributed by atoms with van der Waals surface area (Å²) in [6, 6.07) is 6.13. The summed E-state index contributed by atoms with van der Waals surface area (Å²) in [7, 11) is -2.82. The maximum atomic E-state index is 11.4. The Hall–Kier alpha value is -0.830. The summed E-state index contributed by atoms with van der Waals surface area (Å²) in [4.78, 5) is 0. The molecule has 14 heavy (non-hydrogen) atoms. The second kappa shape index (κ2) is 3.39. The van der Waals surface area contributed by atoms with E-state index in [-0.39, 0.29) is 5.75 Å². The van der Waals surface area contributed by atoms with Gasteiger partial charge in [0.05, 0.1) is 11.5 Å². The van der Waals surface area contributed by atoms with Crippen LogP contribution < -0.4 is 0 Å². The van der Waals surface area contributed by atoms with E-state index >= 15 is 0 Å². The molecule has 0 aromatic heterocycles. The molecular formula is C11H14O2S. The van der Waals surface area contributed by atoms with Gasteiger partial charge in [0, 0.05) is 0 Å². The van der Waals surface area contributed by atoms with Gasteiger partial charge in [-0.25, -0.2) is 8.42 Å². The molecule has 0 radical (unpaired) electrons. The zero-order valence-corrected chi connectivity index (χ0v) is 9.10. The van der Waals surface area contributed by atoms with Crippen molar-refractivity contribution < 1.29 is 8.42 Å².